The number of hydrogen-bond acceptors (Lipinski definition) is 1. The van der Waals surface area contributed by atoms with Gasteiger partial charge in [-0.1, -0.05) is 12.8 Å². The number of amidine groups is 1. The lowest BCUT2D eigenvalue weighted by Gasteiger charge is -2.28. The lowest BCUT2D eigenvalue weighted by molar-refractivity contribution is 0.325. The molecule has 0 heterocycles. The van der Waals surface area contributed by atoms with Gasteiger partial charge in [-0.15, -0.1) is 0 Å². The molecule has 0 atom stereocenters. The molecule has 1 fully saturated rings. The van der Waals surface area contributed by atoms with E-state index in [-0.39, 0.29) is 0 Å². The van der Waals surface area contributed by atoms with E-state index in [0.29, 0.717) is 6.04 Å². The molecule has 0 aromatic rings. The molecule has 11 heavy (non-hydrogen) atoms. The highest BCUT2D eigenvalue weighted by Gasteiger charge is 2.21. The Labute approximate surface area is 69.1 Å². The minimum Gasteiger partial charge on any atom is -0.358 e. The molecular formula is C9H18N2. The van der Waals surface area contributed by atoms with Gasteiger partial charge in [0.1, 0.15) is 0 Å². The van der Waals surface area contributed by atoms with Crippen molar-refractivity contribution >= 4 is 5.84 Å². The van der Waals surface area contributed by atoms with E-state index in [1.165, 1.54) is 25.7 Å². The molecule has 1 saturated carbocycles. The van der Waals surface area contributed by atoms with E-state index >= 15 is 0 Å². The average molecular weight is 154 g/mol. The molecule has 1 N–H and O–H groups in total. The van der Waals surface area contributed by atoms with Crippen LogP contribution in [0.4, 0.5) is 0 Å². The van der Waals surface area contributed by atoms with E-state index in [0.717, 1.165) is 12.4 Å². The van der Waals surface area contributed by atoms with Crippen LogP contribution in [-0.2, 0) is 0 Å². The molecule has 1 aliphatic carbocycles. The summed E-state index contributed by atoms with van der Waals surface area (Å²) in [6.45, 7) is 5.03. The standard InChI is InChI=1S/C9H18N2/c1-3-11(8(2)10)9-6-4-5-7-9/h9-10H,3-7H2,1-2H3. The second kappa shape index (κ2) is 3.74. The predicted octanol–water partition coefficient (Wildman–Crippen LogP) is 2.25. The summed E-state index contributed by atoms with van der Waals surface area (Å²) in [5.41, 5.74) is 0. The number of nitrogens with one attached hydrogen (secondary N) is 1. The zero-order valence-corrected chi connectivity index (χ0v) is 7.56. The Kier molecular flexibility index (Phi) is 2.92. The second-order valence-electron chi connectivity index (χ2n) is 3.31. The molecule has 0 spiro atoms. The van der Waals surface area contributed by atoms with E-state index in [2.05, 4.69) is 11.8 Å². The first-order valence-electron chi connectivity index (χ1n) is 4.57. The fourth-order valence-electron chi connectivity index (χ4n) is 1.99. The molecule has 1 rings (SSSR count). The number of rotatable bonds is 2. The molecule has 0 aromatic heterocycles. The van der Waals surface area contributed by atoms with Crippen molar-refractivity contribution in [1.82, 2.24) is 4.90 Å². The van der Waals surface area contributed by atoms with E-state index in [1.807, 2.05) is 6.92 Å². The van der Waals surface area contributed by atoms with Gasteiger partial charge in [-0.2, -0.15) is 0 Å². The number of hydrogen-bond donors (Lipinski definition) is 1. The molecule has 2 heteroatoms. The van der Waals surface area contributed by atoms with Crippen LogP contribution in [0.1, 0.15) is 39.5 Å². The smallest absolute Gasteiger partial charge is 0.0928 e. The van der Waals surface area contributed by atoms with E-state index in [4.69, 9.17) is 5.41 Å². The maximum atomic E-state index is 7.54. The van der Waals surface area contributed by atoms with Gasteiger partial charge in [-0.25, -0.2) is 0 Å². The van der Waals surface area contributed by atoms with Gasteiger partial charge in [0, 0.05) is 12.6 Å². The monoisotopic (exact) mass is 154 g/mol. The van der Waals surface area contributed by atoms with Gasteiger partial charge in [-0.05, 0) is 26.7 Å². The van der Waals surface area contributed by atoms with Gasteiger partial charge in [-0.3, -0.25) is 5.41 Å². The Hall–Kier alpha value is -0.530. The fourth-order valence-corrected chi connectivity index (χ4v) is 1.99. The largest absolute Gasteiger partial charge is 0.358 e. The van der Waals surface area contributed by atoms with Gasteiger partial charge in [0.2, 0.25) is 0 Å². The van der Waals surface area contributed by atoms with Crippen LogP contribution in [-0.4, -0.2) is 23.3 Å². The lowest BCUT2D eigenvalue weighted by atomic mass is 10.2. The summed E-state index contributed by atoms with van der Waals surface area (Å²) in [7, 11) is 0. The fraction of sp³-hybridized carbons (Fsp3) is 0.889. The topological polar surface area (TPSA) is 27.1 Å². The minimum atomic E-state index is 0.678. The number of nitrogens with zero attached hydrogens (tertiary/aromatic N) is 1. The summed E-state index contributed by atoms with van der Waals surface area (Å²) < 4.78 is 0. The van der Waals surface area contributed by atoms with Crippen LogP contribution in [0.5, 0.6) is 0 Å². The third-order valence-electron chi connectivity index (χ3n) is 2.54. The highest BCUT2D eigenvalue weighted by molar-refractivity contribution is 5.76. The predicted molar refractivity (Wildman–Crippen MR) is 48.0 cm³/mol. The third kappa shape index (κ3) is 1.95. The highest BCUT2D eigenvalue weighted by atomic mass is 15.2. The third-order valence-corrected chi connectivity index (χ3v) is 2.54. The maximum Gasteiger partial charge on any atom is 0.0928 e. The lowest BCUT2D eigenvalue weighted by Crippen LogP contribution is -2.36. The highest BCUT2D eigenvalue weighted by Crippen LogP contribution is 2.23. The summed E-state index contributed by atoms with van der Waals surface area (Å²) in [5.74, 6) is 0.736. The zero-order valence-electron chi connectivity index (χ0n) is 7.56. The van der Waals surface area contributed by atoms with Gasteiger partial charge >= 0.3 is 0 Å². The van der Waals surface area contributed by atoms with Crippen LogP contribution in [0.2, 0.25) is 0 Å². The van der Waals surface area contributed by atoms with Crippen molar-refractivity contribution in [1.29, 1.82) is 5.41 Å². The molecule has 0 radical (unpaired) electrons. The van der Waals surface area contributed by atoms with Crippen LogP contribution >= 0.6 is 0 Å². The average Bonchev–Trinajstić information content (AvgIpc) is 2.40. The Morgan fingerprint density at radius 3 is 2.36 bits per heavy atom. The first-order valence-corrected chi connectivity index (χ1v) is 4.57. The van der Waals surface area contributed by atoms with Crippen molar-refractivity contribution in [2.75, 3.05) is 6.54 Å². The van der Waals surface area contributed by atoms with Crippen LogP contribution in [0, 0.1) is 5.41 Å². The van der Waals surface area contributed by atoms with E-state index in [9.17, 15) is 0 Å². The van der Waals surface area contributed by atoms with Crippen molar-refractivity contribution in [3.63, 3.8) is 0 Å². The van der Waals surface area contributed by atoms with Crippen molar-refractivity contribution in [3.8, 4) is 0 Å². The van der Waals surface area contributed by atoms with Crippen LogP contribution < -0.4 is 0 Å². The first kappa shape index (κ1) is 8.57. The molecule has 64 valence electrons. The first-order chi connectivity index (χ1) is 5.25. The summed E-state index contributed by atoms with van der Waals surface area (Å²) >= 11 is 0. The molecule has 0 saturated heterocycles. The summed E-state index contributed by atoms with van der Waals surface area (Å²) in [5, 5.41) is 7.54. The van der Waals surface area contributed by atoms with Crippen LogP contribution in [0.3, 0.4) is 0 Å². The van der Waals surface area contributed by atoms with E-state index in [1.54, 1.807) is 0 Å². The van der Waals surface area contributed by atoms with Crippen LogP contribution in [0.15, 0.2) is 0 Å². The van der Waals surface area contributed by atoms with Crippen molar-refractivity contribution in [2.45, 2.75) is 45.6 Å². The minimum absolute atomic E-state index is 0.678. The molecule has 0 aromatic carbocycles. The van der Waals surface area contributed by atoms with Crippen molar-refractivity contribution < 1.29 is 0 Å². The van der Waals surface area contributed by atoms with Gasteiger partial charge in [0.25, 0.3) is 0 Å². The molecule has 0 aliphatic heterocycles. The Morgan fingerprint density at radius 1 is 1.45 bits per heavy atom. The Morgan fingerprint density at radius 2 is 2.00 bits per heavy atom. The van der Waals surface area contributed by atoms with Gasteiger partial charge < -0.3 is 4.90 Å². The Bertz CT molecular complexity index is 136. The Balaban J connectivity index is 2.46. The van der Waals surface area contributed by atoms with Gasteiger partial charge in [0.05, 0.1) is 5.84 Å². The van der Waals surface area contributed by atoms with Crippen molar-refractivity contribution in [2.24, 2.45) is 0 Å². The SMILES string of the molecule is CCN(C(C)=N)C1CCCC1. The van der Waals surface area contributed by atoms with Crippen LogP contribution in [0.25, 0.3) is 0 Å². The second-order valence-corrected chi connectivity index (χ2v) is 3.31. The molecule has 0 amide bonds. The maximum absolute atomic E-state index is 7.54. The molecule has 1 aliphatic rings. The molecule has 0 bridgehead atoms. The van der Waals surface area contributed by atoms with Gasteiger partial charge in [0.15, 0.2) is 0 Å². The van der Waals surface area contributed by atoms with E-state index < -0.39 is 0 Å². The quantitative estimate of drug-likeness (QED) is 0.479. The molecule has 2 nitrogen and oxygen atoms in total. The molecular weight excluding hydrogens is 136 g/mol. The normalized spacial score (nSPS) is 18.7. The summed E-state index contributed by atoms with van der Waals surface area (Å²) in [6.07, 6.45) is 5.30. The molecule has 0 unspecified atom stereocenters. The van der Waals surface area contributed by atoms with Crippen molar-refractivity contribution in [3.05, 3.63) is 0 Å². The zero-order chi connectivity index (χ0) is 8.27. The summed E-state index contributed by atoms with van der Waals surface area (Å²) in [4.78, 5) is 2.22. The summed E-state index contributed by atoms with van der Waals surface area (Å²) in [6, 6.07) is 0.678.